The highest BCUT2D eigenvalue weighted by molar-refractivity contribution is 9.11. The van der Waals surface area contributed by atoms with E-state index in [0.717, 1.165) is 17.3 Å². The monoisotopic (exact) mass is 247 g/mol. The lowest BCUT2D eigenvalue weighted by molar-refractivity contribution is -0.121. The zero-order chi connectivity index (χ0) is 10.1. The number of hydrogen-bond acceptors (Lipinski definition) is 1. The number of nitrogens with one attached hydrogen (secondary N) is 1. The summed E-state index contributed by atoms with van der Waals surface area (Å²) >= 11 is 3.19. The fourth-order valence-electron chi connectivity index (χ4n) is 0.995. The molecule has 0 rings (SSSR count). The van der Waals surface area contributed by atoms with Crippen molar-refractivity contribution in [3.8, 4) is 0 Å². The molecule has 0 aliphatic carbocycles. The van der Waals surface area contributed by atoms with Gasteiger partial charge in [-0.1, -0.05) is 48.7 Å². The van der Waals surface area contributed by atoms with Crippen LogP contribution in [0.5, 0.6) is 0 Å². The summed E-state index contributed by atoms with van der Waals surface area (Å²) in [6, 6.07) is 0. The van der Waals surface area contributed by atoms with Gasteiger partial charge in [-0.15, -0.1) is 0 Å². The highest BCUT2D eigenvalue weighted by Gasteiger charge is 1.99. The topological polar surface area (TPSA) is 29.1 Å². The molecule has 0 heterocycles. The van der Waals surface area contributed by atoms with Gasteiger partial charge in [-0.3, -0.25) is 4.79 Å². The van der Waals surface area contributed by atoms with Crippen LogP contribution in [0.3, 0.4) is 0 Å². The Kier molecular flexibility index (Phi) is 8.10. The van der Waals surface area contributed by atoms with Crippen LogP contribution in [0.1, 0.15) is 39.0 Å². The van der Waals surface area contributed by atoms with Crippen molar-refractivity contribution in [3.05, 3.63) is 11.1 Å². The predicted octanol–water partition coefficient (Wildman–Crippen LogP) is 2.98. The summed E-state index contributed by atoms with van der Waals surface area (Å²) in [6.45, 7) is 6.33. The molecule has 0 saturated carbocycles. The molecule has 0 unspecified atom stereocenters. The highest BCUT2D eigenvalue weighted by atomic mass is 79.9. The van der Waals surface area contributed by atoms with Crippen LogP contribution in [-0.2, 0) is 4.79 Å². The number of carbonyl (C=O) groups excluding carboxylic acids is 1. The molecule has 1 amide bonds. The molecule has 76 valence electrons. The van der Waals surface area contributed by atoms with E-state index in [-0.39, 0.29) is 5.91 Å². The zero-order valence-corrected chi connectivity index (χ0v) is 9.82. The minimum atomic E-state index is 0.122. The predicted molar refractivity (Wildman–Crippen MR) is 59.8 cm³/mol. The molecule has 0 aromatic rings. The van der Waals surface area contributed by atoms with Crippen LogP contribution < -0.4 is 5.32 Å². The Morgan fingerprint density at radius 3 is 2.62 bits per heavy atom. The lowest BCUT2D eigenvalue weighted by Crippen LogP contribution is -2.23. The number of rotatable bonds is 7. The molecule has 1 N–H and O–H groups in total. The second-order valence-electron chi connectivity index (χ2n) is 3.10. The van der Waals surface area contributed by atoms with E-state index in [9.17, 15) is 4.79 Å². The van der Waals surface area contributed by atoms with Crippen molar-refractivity contribution in [2.75, 3.05) is 6.54 Å². The Labute approximate surface area is 88.9 Å². The fourth-order valence-corrected chi connectivity index (χ4v) is 1.14. The van der Waals surface area contributed by atoms with E-state index >= 15 is 0 Å². The maximum atomic E-state index is 11.1. The van der Waals surface area contributed by atoms with E-state index in [1.165, 1.54) is 12.8 Å². The van der Waals surface area contributed by atoms with Gasteiger partial charge in [0.2, 0.25) is 5.91 Å². The normalized spacial score (nSPS) is 9.69. The summed E-state index contributed by atoms with van der Waals surface area (Å²) in [7, 11) is 0. The summed E-state index contributed by atoms with van der Waals surface area (Å²) in [5, 5.41) is 2.77. The van der Waals surface area contributed by atoms with Crippen LogP contribution in [0.25, 0.3) is 0 Å². The Morgan fingerprint density at radius 1 is 1.38 bits per heavy atom. The first kappa shape index (κ1) is 12.7. The van der Waals surface area contributed by atoms with Crippen LogP contribution in [0.15, 0.2) is 11.1 Å². The van der Waals surface area contributed by atoms with Crippen molar-refractivity contribution in [2.45, 2.75) is 39.0 Å². The summed E-state index contributed by atoms with van der Waals surface area (Å²) in [6.07, 6.45) is 5.21. The summed E-state index contributed by atoms with van der Waals surface area (Å²) in [4.78, 5) is 11.1. The maximum absolute atomic E-state index is 11.1. The lowest BCUT2D eigenvalue weighted by atomic mass is 10.1. The number of halogens is 1. The van der Waals surface area contributed by atoms with Crippen molar-refractivity contribution < 1.29 is 4.79 Å². The number of unbranched alkanes of at least 4 members (excludes halogenated alkanes) is 3. The van der Waals surface area contributed by atoms with Gasteiger partial charge in [0.05, 0.1) is 0 Å². The van der Waals surface area contributed by atoms with Gasteiger partial charge in [0.25, 0.3) is 0 Å². The summed E-state index contributed by atoms with van der Waals surface area (Å²) in [5.74, 6) is 0.122. The SMILES string of the molecule is C=C(Br)CNC(=O)CCCCCC. The zero-order valence-electron chi connectivity index (χ0n) is 8.24. The van der Waals surface area contributed by atoms with E-state index < -0.39 is 0 Å². The van der Waals surface area contributed by atoms with Gasteiger partial charge < -0.3 is 5.32 Å². The van der Waals surface area contributed by atoms with Gasteiger partial charge in [0.15, 0.2) is 0 Å². The molecule has 0 aliphatic heterocycles. The van der Waals surface area contributed by atoms with Crippen LogP contribution in [0.2, 0.25) is 0 Å². The molecule has 2 nitrogen and oxygen atoms in total. The Balaban J connectivity index is 3.25. The quantitative estimate of drug-likeness (QED) is 0.689. The molecule has 0 atom stereocenters. The van der Waals surface area contributed by atoms with Crippen LogP contribution in [-0.4, -0.2) is 12.5 Å². The Bertz CT molecular complexity index is 168. The summed E-state index contributed by atoms with van der Waals surface area (Å²) in [5.41, 5.74) is 0. The van der Waals surface area contributed by atoms with E-state index in [1.54, 1.807) is 0 Å². The number of amides is 1. The van der Waals surface area contributed by atoms with Gasteiger partial charge in [0.1, 0.15) is 0 Å². The van der Waals surface area contributed by atoms with Gasteiger partial charge in [0, 0.05) is 17.4 Å². The van der Waals surface area contributed by atoms with E-state index in [1.807, 2.05) is 0 Å². The van der Waals surface area contributed by atoms with E-state index in [2.05, 4.69) is 34.7 Å². The molecule has 0 fully saturated rings. The maximum Gasteiger partial charge on any atom is 0.220 e. The fraction of sp³-hybridized carbons (Fsp3) is 0.700. The largest absolute Gasteiger partial charge is 0.352 e. The average molecular weight is 248 g/mol. The van der Waals surface area contributed by atoms with Crippen molar-refractivity contribution >= 4 is 21.8 Å². The smallest absolute Gasteiger partial charge is 0.220 e. The molecule has 13 heavy (non-hydrogen) atoms. The van der Waals surface area contributed by atoms with Crippen molar-refractivity contribution in [1.29, 1.82) is 0 Å². The van der Waals surface area contributed by atoms with Gasteiger partial charge in [-0.2, -0.15) is 0 Å². The Morgan fingerprint density at radius 2 is 2.08 bits per heavy atom. The molecular weight excluding hydrogens is 230 g/mol. The molecule has 0 bridgehead atoms. The first-order valence-electron chi connectivity index (χ1n) is 4.76. The summed E-state index contributed by atoms with van der Waals surface area (Å²) < 4.78 is 0.814. The van der Waals surface area contributed by atoms with E-state index in [0.29, 0.717) is 13.0 Å². The first-order chi connectivity index (χ1) is 6.16. The van der Waals surface area contributed by atoms with E-state index in [4.69, 9.17) is 0 Å². The third-order valence-corrected chi connectivity index (χ3v) is 2.02. The van der Waals surface area contributed by atoms with Gasteiger partial charge in [-0.05, 0) is 6.42 Å². The minimum absolute atomic E-state index is 0.122. The van der Waals surface area contributed by atoms with Crippen LogP contribution in [0, 0.1) is 0 Å². The molecule has 0 aliphatic rings. The molecule has 0 aromatic heterocycles. The highest BCUT2D eigenvalue weighted by Crippen LogP contribution is 2.02. The number of carbonyl (C=O) groups is 1. The molecule has 0 saturated heterocycles. The lowest BCUT2D eigenvalue weighted by Gasteiger charge is -2.03. The van der Waals surface area contributed by atoms with Crippen LogP contribution >= 0.6 is 15.9 Å². The third kappa shape index (κ3) is 9.61. The molecule has 0 aromatic carbocycles. The van der Waals surface area contributed by atoms with Gasteiger partial charge in [-0.25, -0.2) is 0 Å². The third-order valence-electron chi connectivity index (χ3n) is 1.73. The first-order valence-corrected chi connectivity index (χ1v) is 5.56. The standard InChI is InChI=1S/C10H18BrNO/c1-3-4-5-6-7-10(13)12-8-9(2)11/h2-8H2,1H3,(H,12,13). The number of hydrogen-bond donors (Lipinski definition) is 1. The molecule has 0 radical (unpaired) electrons. The Hall–Kier alpha value is -0.310. The minimum Gasteiger partial charge on any atom is -0.352 e. The molecule has 3 heteroatoms. The van der Waals surface area contributed by atoms with Crippen molar-refractivity contribution in [1.82, 2.24) is 5.32 Å². The van der Waals surface area contributed by atoms with Crippen LogP contribution in [0.4, 0.5) is 0 Å². The second-order valence-corrected chi connectivity index (χ2v) is 4.23. The van der Waals surface area contributed by atoms with Crippen molar-refractivity contribution in [3.63, 3.8) is 0 Å². The molecule has 0 spiro atoms. The van der Waals surface area contributed by atoms with Crippen molar-refractivity contribution in [2.24, 2.45) is 0 Å². The average Bonchev–Trinajstić information content (AvgIpc) is 2.09. The second kappa shape index (κ2) is 8.30. The van der Waals surface area contributed by atoms with Gasteiger partial charge >= 0.3 is 0 Å². The molecular formula is C10H18BrNO.